The van der Waals surface area contributed by atoms with Gasteiger partial charge in [-0.25, -0.2) is 12.8 Å². The van der Waals surface area contributed by atoms with E-state index in [1.54, 1.807) is 0 Å². The van der Waals surface area contributed by atoms with Gasteiger partial charge in [0.1, 0.15) is 25.6 Å². The van der Waals surface area contributed by atoms with Gasteiger partial charge in [-0.05, 0) is 73.9 Å². The van der Waals surface area contributed by atoms with E-state index in [2.05, 4.69) is 5.32 Å². The third-order valence-electron chi connectivity index (χ3n) is 5.91. The number of ether oxygens (including phenoxy) is 2. The molecule has 1 N–H and O–H groups in total. The van der Waals surface area contributed by atoms with Crippen LogP contribution in [0.3, 0.4) is 0 Å². The molecule has 0 fully saturated rings. The first kappa shape index (κ1) is 24.5. The Morgan fingerprint density at radius 1 is 0.971 bits per heavy atom. The van der Waals surface area contributed by atoms with Gasteiger partial charge in [0.25, 0.3) is 10.0 Å². The van der Waals surface area contributed by atoms with Gasteiger partial charge >= 0.3 is 0 Å². The number of halogens is 1. The van der Waals surface area contributed by atoms with Crippen LogP contribution in [-0.2, 0) is 14.8 Å². The molecule has 0 radical (unpaired) electrons. The largest absolute Gasteiger partial charge is 0.486 e. The first-order valence-corrected chi connectivity index (χ1v) is 12.6. The number of amides is 1. The third-order valence-corrected chi connectivity index (χ3v) is 7.68. The van der Waals surface area contributed by atoms with E-state index in [1.807, 2.05) is 39.0 Å². The second-order valence-corrected chi connectivity index (χ2v) is 10.3. The van der Waals surface area contributed by atoms with Gasteiger partial charge in [0.2, 0.25) is 5.91 Å². The zero-order valence-electron chi connectivity index (χ0n) is 19.7. The summed E-state index contributed by atoms with van der Waals surface area (Å²) in [6.07, 6.45) is 0. The van der Waals surface area contributed by atoms with Gasteiger partial charge in [-0.3, -0.25) is 9.10 Å². The Morgan fingerprint density at radius 2 is 1.66 bits per heavy atom. The molecule has 3 aromatic carbocycles. The minimum Gasteiger partial charge on any atom is -0.486 e. The molecule has 9 heteroatoms. The van der Waals surface area contributed by atoms with E-state index in [4.69, 9.17) is 9.47 Å². The van der Waals surface area contributed by atoms with Crippen molar-refractivity contribution < 1.29 is 27.1 Å². The minimum absolute atomic E-state index is 0.0684. The quantitative estimate of drug-likeness (QED) is 0.526. The standard InChI is InChI=1S/C26H27FN2O5S/c1-17-4-5-20(14-18(17)2)19(3)28-26(30)16-29(22-8-6-21(27)7-9-22)35(31,32)23-10-11-24-25(15-23)34-13-12-33-24/h4-11,14-15,19H,12-13,16H2,1-3H3,(H,28,30). The summed E-state index contributed by atoms with van der Waals surface area (Å²) in [7, 11) is -4.19. The van der Waals surface area contributed by atoms with Crippen molar-refractivity contribution in [2.24, 2.45) is 0 Å². The lowest BCUT2D eigenvalue weighted by molar-refractivity contribution is -0.120. The highest BCUT2D eigenvalue weighted by Gasteiger charge is 2.29. The fourth-order valence-electron chi connectivity index (χ4n) is 3.77. The van der Waals surface area contributed by atoms with Crippen LogP contribution in [0, 0.1) is 19.7 Å². The number of fused-ring (bicyclic) bond motifs is 1. The lowest BCUT2D eigenvalue weighted by Crippen LogP contribution is -2.41. The molecule has 1 aliphatic heterocycles. The number of carbonyl (C=O) groups is 1. The Kier molecular flexibility index (Phi) is 6.98. The molecule has 4 rings (SSSR count). The molecule has 0 saturated carbocycles. The molecule has 184 valence electrons. The van der Waals surface area contributed by atoms with Crippen LogP contribution in [-0.4, -0.2) is 34.1 Å². The number of hydrogen-bond acceptors (Lipinski definition) is 5. The number of aryl methyl sites for hydroxylation is 2. The molecule has 0 aliphatic carbocycles. The van der Waals surface area contributed by atoms with E-state index < -0.39 is 28.3 Å². The van der Waals surface area contributed by atoms with Crippen molar-refractivity contribution in [1.82, 2.24) is 5.32 Å². The Bertz CT molecular complexity index is 1340. The van der Waals surface area contributed by atoms with Crippen LogP contribution in [0.4, 0.5) is 10.1 Å². The van der Waals surface area contributed by atoms with Gasteiger partial charge in [-0.15, -0.1) is 0 Å². The molecule has 1 unspecified atom stereocenters. The van der Waals surface area contributed by atoms with Crippen LogP contribution in [0.5, 0.6) is 11.5 Å². The van der Waals surface area contributed by atoms with E-state index in [0.29, 0.717) is 24.7 Å². The predicted octanol–water partition coefficient (Wildman–Crippen LogP) is 4.29. The smallest absolute Gasteiger partial charge is 0.264 e. The summed E-state index contributed by atoms with van der Waals surface area (Å²) in [5.74, 6) is -0.257. The highest BCUT2D eigenvalue weighted by atomic mass is 32.2. The maximum absolute atomic E-state index is 13.6. The molecule has 3 aromatic rings. The molecule has 0 bridgehead atoms. The van der Waals surface area contributed by atoms with Crippen LogP contribution in [0.15, 0.2) is 65.6 Å². The van der Waals surface area contributed by atoms with Crippen LogP contribution in [0.2, 0.25) is 0 Å². The number of nitrogens with zero attached hydrogens (tertiary/aromatic N) is 1. The second kappa shape index (κ2) is 9.95. The molecule has 7 nitrogen and oxygen atoms in total. The highest BCUT2D eigenvalue weighted by Crippen LogP contribution is 2.34. The fraction of sp³-hybridized carbons (Fsp3) is 0.269. The Hall–Kier alpha value is -3.59. The molecule has 0 aromatic heterocycles. The Morgan fingerprint density at radius 3 is 2.34 bits per heavy atom. The van der Waals surface area contributed by atoms with Crippen molar-refractivity contribution in [2.75, 3.05) is 24.1 Å². The molecular formula is C26H27FN2O5S. The molecule has 1 heterocycles. The molecule has 1 atom stereocenters. The first-order valence-electron chi connectivity index (χ1n) is 11.2. The normalized spacial score (nSPS) is 13.7. The maximum Gasteiger partial charge on any atom is 0.264 e. The van der Waals surface area contributed by atoms with E-state index in [-0.39, 0.29) is 16.6 Å². The number of carbonyl (C=O) groups excluding carboxylic acids is 1. The lowest BCUT2D eigenvalue weighted by Gasteiger charge is -2.26. The van der Waals surface area contributed by atoms with Crippen molar-refractivity contribution in [2.45, 2.75) is 31.7 Å². The van der Waals surface area contributed by atoms with Crippen LogP contribution in [0.25, 0.3) is 0 Å². The van der Waals surface area contributed by atoms with Gasteiger partial charge in [0.05, 0.1) is 16.6 Å². The number of rotatable bonds is 7. The zero-order valence-corrected chi connectivity index (χ0v) is 20.6. The van der Waals surface area contributed by atoms with E-state index in [0.717, 1.165) is 33.1 Å². The SMILES string of the molecule is Cc1ccc(C(C)NC(=O)CN(c2ccc(F)cc2)S(=O)(=O)c2ccc3c(c2)OCCO3)cc1C. The molecule has 0 saturated heterocycles. The summed E-state index contributed by atoms with van der Waals surface area (Å²) >= 11 is 0. The van der Waals surface area contributed by atoms with Crippen molar-refractivity contribution in [1.29, 1.82) is 0 Å². The minimum atomic E-state index is -4.19. The van der Waals surface area contributed by atoms with Crippen LogP contribution in [0.1, 0.15) is 29.7 Å². The Balaban J connectivity index is 1.62. The Labute approximate surface area is 204 Å². The average Bonchev–Trinajstić information content (AvgIpc) is 2.84. The number of hydrogen-bond donors (Lipinski definition) is 1. The summed E-state index contributed by atoms with van der Waals surface area (Å²) in [4.78, 5) is 12.9. The average molecular weight is 499 g/mol. The van der Waals surface area contributed by atoms with Crippen LogP contribution < -0.4 is 19.1 Å². The molecular weight excluding hydrogens is 471 g/mol. The highest BCUT2D eigenvalue weighted by molar-refractivity contribution is 7.92. The third kappa shape index (κ3) is 5.40. The summed E-state index contributed by atoms with van der Waals surface area (Å²) in [6.45, 7) is 6.02. The van der Waals surface area contributed by atoms with E-state index in [9.17, 15) is 17.6 Å². The monoisotopic (exact) mass is 498 g/mol. The van der Waals surface area contributed by atoms with Gasteiger partial charge < -0.3 is 14.8 Å². The molecule has 35 heavy (non-hydrogen) atoms. The van der Waals surface area contributed by atoms with E-state index in [1.165, 1.54) is 30.3 Å². The first-order chi connectivity index (χ1) is 16.6. The number of benzene rings is 3. The maximum atomic E-state index is 13.6. The van der Waals surface area contributed by atoms with Crippen molar-refractivity contribution in [3.63, 3.8) is 0 Å². The van der Waals surface area contributed by atoms with Gasteiger partial charge in [-0.2, -0.15) is 0 Å². The molecule has 1 amide bonds. The summed E-state index contributed by atoms with van der Waals surface area (Å²) in [6, 6.07) is 14.8. The number of anilines is 1. The van der Waals surface area contributed by atoms with Crippen molar-refractivity contribution >= 4 is 21.6 Å². The number of sulfonamides is 1. The predicted molar refractivity (Wildman–Crippen MR) is 131 cm³/mol. The summed E-state index contributed by atoms with van der Waals surface area (Å²) in [5, 5.41) is 2.86. The molecule has 1 aliphatic rings. The second-order valence-electron chi connectivity index (χ2n) is 8.43. The fourth-order valence-corrected chi connectivity index (χ4v) is 5.21. The van der Waals surface area contributed by atoms with Gasteiger partial charge in [-0.1, -0.05) is 18.2 Å². The summed E-state index contributed by atoms with van der Waals surface area (Å²) in [5.41, 5.74) is 3.30. The van der Waals surface area contributed by atoms with Gasteiger partial charge in [0, 0.05) is 6.07 Å². The zero-order chi connectivity index (χ0) is 25.2. The van der Waals surface area contributed by atoms with Crippen molar-refractivity contribution in [3.05, 3.63) is 83.2 Å². The topological polar surface area (TPSA) is 84.9 Å². The number of nitrogens with one attached hydrogen (secondary N) is 1. The summed E-state index contributed by atoms with van der Waals surface area (Å²) < 4.78 is 52.8. The van der Waals surface area contributed by atoms with Crippen molar-refractivity contribution in [3.8, 4) is 11.5 Å². The van der Waals surface area contributed by atoms with Crippen LogP contribution >= 0.6 is 0 Å². The van der Waals surface area contributed by atoms with Gasteiger partial charge in [0.15, 0.2) is 11.5 Å². The lowest BCUT2D eigenvalue weighted by atomic mass is 10.0. The van der Waals surface area contributed by atoms with E-state index >= 15 is 0 Å². The molecule has 0 spiro atoms.